The summed E-state index contributed by atoms with van der Waals surface area (Å²) in [6.07, 6.45) is 10.4. The van der Waals surface area contributed by atoms with E-state index < -0.39 is 0 Å². The molecule has 1 nitrogen and oxygen atoms in total. The van der Waals surface area contributed by atoms with E-state index in [-0.39, 0.29) is 0 Å². The highest BCUT2D eigenvalue weighted by molar-refractivity contribution is 5.08. The molecule has 0 radical (unpaired) electrons. The average molecular weight is 193 g/mol. The van der Waals surface area contributed by atoms with Crippen molar-refractivity contribution in [3.63, 3.8) is 0 Å². The second-order valence-electron chi connectivity index (χ2n) is 6.57. The predicted molar refractivity (Wildman–Crippen MR) is 59.2 cm³/mol. The van der Waals surface area contributed by atoms with Gasteiger partial charge in [0, 0.05) is 12.1 Å². The van der Waals surface area contributed by atoms with Gasteiger partial charge < -0.3 is 5.32 Å². The van der Waals surface area contributed by atoms with Gasteiger partial charge in [-0.05, 0) is 42.9 Å². The van der Waals surface area contributed by atoms with Crippen LogP contribution in [-0.4, -0.2) is 12.1 Å². The van der Waals surface area contributed by atoms with E-state index in [0.717, 1.165) is 17.5 Å². The van der Waals surface area contributed by atoms with Crippen molar-refractivity contribution in [2.45, 2.75) is 70.9 Å². The molecule has 3 rings (SSSR count). The number of hydrogen-bond donors (Lipinski definition) is 1. The molecular weight excluding hydrogens is 170 g/mol. The van der Waals surface area contributed by atoms with Crippen LogP contribution >= 0.6 is 0 Å². The molecule has 1 N–H and O–H groups in total. The summed E-state index contributed by atoms with van der Waals surface area (Å²) in [5.41, 5.74) is 1.37. The zero-order chi connectivity index (χ0) is 9.81. The largest absolute Gasteiger partial charge is 0.310 e. The van der Waals surface area contributed by atoms with Crippen LogP contribution < -0.4 is 5.32 Å². The van der Waals surface area contributed by atoms with Crippen molar-refractivity contribution < 1.29 is 0 Å². The summed E-state index contributed by atoms with van der Waals surface area (Å²) in [5, 5.41) is 3.94. The summed E-state index contributed by atoms with van der Waals surface area (Å²) >= 11 is 0. The lowest BCUT2D eigenvalue weighted by Gasteiger charge is -2.44. The van der Waals surface area contributed by atoms with Crippen LogP contribution in [0, 0.1) is 10.8 Å². The van der Waals surface area contributed by atoms with Gasteiger partial charge in [-0.15, -0.1) is 0 Å². The molecule has 2 unspecified atom stereocenters. The Morgan fingerprint density at radius 3 is 2.14 bits per heavy atom. The van der Waals surface area contributed by atoms with Gasteiger partial charge in [-0.1, -0.05) is 26.7 Å². The summed E-state index contributed by atoms with van der Waals surface area (Å²) < 4.78 is 0. The normalized spacial score (nSPS) is 42.4. The lowest BCUT2D eigenvalue weighted by atomic mass is 9.65. The van der Waals surface area contributed by atoms with Crippen molar-refractivity contribution in [3.05, 3.63) is 0 Å². The van der Waals surface area contributed by atoms with E-state index in [0.29, 0.717) is 5.41 Å². The number of hydrogen-bond acceptors (Lipinski definition) is 1. The second-order valence-corrected chi connectivity index (χ2v) is 6.57. The fraction of sp³-hybridized carbons (Fsp3) is 1.00. The molecule has 1 heteroatoms. The molecule has 0 saturated heterocycles. The Morgan fingerprint density at radius 1 is 1.00 bits per heavy atom. The molecule has 3 aliphatic carbocycles. The van der Waals surface area contributed by atoms with E-state index in [1.807, 2.05) is 0 Å². The van der Waals surface area contributed by atoms with Crippen LogP contribution in [0.15, 0.2) is 0 Å². The van der Waals surface area contributed by atoms with Crippen molar-refractivity contribution >= 4 is 0 Å². The molecule has 0 heterocycles. The Morgan fingerprint density at radius 2 is 1.64 bits per heavy atom. The first-order valence-electron chi connectivity index (χ1n) is 6.39. The van der Waals surface area contributed by atoms with Gasteiger partial charge in [0.05, 0.1) is 0 Å². The van der Waals surface area contributed by atoms with Crippen molar-refractivity contribution in [2.75, 3.05) is 0 Å². The van der Waals surface area contributed by atoms with Crippen molar-refractivity contribution in [1.29, 1.82) is 0 Å². The minimum atomic E-state index is 0.605. The summed E-state index contributed by atoms with van der Waals surface area (Å²) in [5.74, 6) is 0. The Kier molecular flexibility index (Phi) is 1.81. The van der Waals surface area contributed by atoms with E-state index in [2.05, 4.69) is 19.2 Å². The highest BCUT2D eigenvalue weighted by atomic mass is 15.0. The highest BCUT2D eigenvalue weighted by Crippen LogP contribution is 2.55. The summed E-state index contributed by atoms with van der Waals surface area (Å²) in [4.78, 5) is 0. The van der Waals surface area contributed by atoms with Gasteiger partial charge >= 0.3 is 0 Å². The van der Waals surface area contributed by atoms with Crippen LogP contribution in [0.25, 0.3) is 0 Å². The molecule has 0 aromatic carbocycles. The third-order valence-electron chi connectivity index (χ3n) is 5.17. The van der Waals surface area contributed by atoms with Gasteiger partial charge in [0.1, 0.15) is 0 Å². The molecule has 0 aromatic rings. The fourth-order valence-electron chi connectivity index (χ4n) is 3.62. The first kappa shape index (κ1) is 9.21. The molecule has 80 valence electrons. The second kappa shape index (κ2) is 2.75. The van der Waals surface area contributed by atoms with Crippen LogP contribution in [0.3, 0.4) is 0 Å². The molecule has 0 aliphatic heterocycles. The number of rotatable bonds is 2. The molecule has 0 aromatic heterocycles. The van der Waals surface area contributed by atoms with Crippen LogP contribution in [0.4, 0.5) is 0 Å². The Hall–Kier alpha value is -0.0400. The van der Waals surface area contributed by atoms with Crippen molar-refractivity contribution in [1.82, 2.24) is 5.32 Å². The first-order chi connectivity index (χ1) is 6.62. The monoisotopic (exact) mass is 193 g/mol. The maximum Gasteiger partial charge on any atom is 0.0127 e. The third kappa shape index (κ3) is 1.25. The van der Waals surface area contributed by atoms with E-state index >= 15 is 0 Å². The SMILES string of the molecule is CC1(C)CC1NC1CCCC12CCC2. The molecule has 3 fully saturated rings. The van der Waals surface area contributed by atoms with Crippen LogP contribution in [-0.2, 0) is 0 Å². The number of nitrogens with one attached hydrogen (secondary N) is 1. The third-order valence-corrected chi connectivity index (χ3v) is 5.17. The molecule has 14 heavy (non-hydrogen) atoms. The van der Waals surface area contributed by atoms with Crippen molar-refractivity contribution in [3.8, 4) is 0 Å². The van der Waals surface area contributed by atoms with E-state index in [4.69, 9.17) is 0 Å². The highest BCUT2D eigenvalue weighted by Gasteiger charge is 2.52. The topological polar surface area (TPSA) is 12.0 Å². The Labute approximate surface area is 87.7 Å². The standard InChI is InChI=1S/C13H23N/c1-12(2)9-11(12)14-10-5-3-6-13(10)7-4-8-13/h10-11,14H,3-9H2,1-2H3. The van der Waals surface area contributed by atoms with E-state index in [1.165, 1.54) is 44.9 Å². The van der Waals surface area contributed by atoms with Crippen LogP contribution in [0.2, 0.25) is 0 Å². The zero-order valence-corrected chi connectivity index (χ0v) is 9.60. The molecule has 0 bridgehead atoms. The van der Waals surface area contributed by atoms with E-state index in [1.54, 1.807) is 0 Å². The van der Waals surface area contributed by atoms with Gasteiger partial charge in [-0.2, -0.15) is 0 Å². The molecular formula is C13H23N. The molecule has 3 aliphatic rings. The summed E-state index contributed by atoms with van der Waals surface area (Å²) in [6, 6.07) is 1.71. The van der Waals surface area contributed by atoms with Crippen LogP contribution in [0.5, 0.6) is 0 Å². The quantitative estimate of drug-likeness (QED) is 0.710. The fourth-order valence-corrected chi connectivity index (χ4v) is 3.62. The lowest BCUT2D eigenvalue weighted by Crippen LogP contribution is -2.47. The summed E-state index contributed by atoms with van der Waals surface area (Å²) in [7, 11) is 0. The Balaban J connectivity index is 1.62. The van der Waals surface area contributed by atoms with E-state index in [9.17, 15) is 0 Å². The maximum atomic E-state index is 3.94. The molecule has 1 spiro atoms. The first-order valence-corrected chi connectivity index (χ1v) is 6.39. The smallest absolute Gasteiger partial charge is 0.0127 e. The zero-order valence-electron chi connectivity index (χ0n) is 9.60. The molecule has 2 atom stereocenters. The average Bonchev–Trinajstić information content (AvgIpc) is 2.53. The van der Waals surface area contributed by atoms with Crippen molar-refractivity contribution in [2.24, 2.45) is 10.8 Å². The predicted octanol–water partition coefficient (Wildman–Crippen LogP) is 3.10. The minimum absolute atomic E-state index is 0.605. The Bertz CT molecular complexity index is 240. The minimum Gasteiger partial charge on any atom is -0.310 e. The van der Waals surface area contributed by atoms with Gasteiger partial charge in [-0.25, -0.2) is 0 Å². The maximum absolute atomic E-state index is 3.94. The van der Waals surface area contributed by atoms with Gasteiger partial charge in [0.15, 0.2) is 0 Å². The molecule has 3 saturated carbocycles. The van der Waals surface area contributed by atoms with Gasteiger partial charge in [0.2, 0.25) is 0 Å². The van der Waals surface area contributed by atoms with Gasteiger partial charge in [0.25, 0.3) is 0 Å². The molecule has 0 amide bonds. The summed E-state index contributed by atoms with van der Waals surface area (Å²) in [6.45, 7) is 4.79. The van der Waals surface area contributed by atoms with Gasteiger partial charge in [-0.3, -0.25) is 0 Å². The van der Waals surface area contributed by atoms with Crippen LogP contribution in [0.1, 0.15) is 58.8 Å². The lowest BCUT2D eigenvalue weighted by molar-refractivity contribution is 0.0981.